The van der Waals surface area contributed by atoms with Crippen molar-refractivity contribution in [1.29, 1.82) is 0 Å². The maximum Gasteiger partial charge on any atom is 0.272 e. The van der Waals surface area contributed by atoms with Crippen LogP contribution in [0.25, 0.3) is 16.3 Å². The van der Waals surface area contributed by atoms with Crippen LogP contribution in [-0.2, 0) is 9.59 Å². The number of ether oxygens (including phenoxy) is 3. The smallest absolute Gasteiger partial charge is 0.272 e. The Hall–Kier alpha value is -6.11. The van der Waals surface area contributed by atoms with Gasteiger partial charge in [-0.2, -0.15) is 0 Å². The van der Waals surface area contributed by atoms with E-state index >= 15 is 0 Å². The Morgan fingerprint density at radius 3 is 2.08 bits per heavy atom. The fourth-order valence-corrected chi connectivity index (χ4v) is 7.39. The minimum absolute atomic E-state index is 0.0163. The zero-order valence-corrected chi connectivity index (χ0v) is 31.0. The van der Waals surface area contributed by atoms with Gasteiger partial charge in [-0.25, -0.2) is 4.98 Å². The molecule has 0 saturated carbocycles. The van der Waals surface area contributed by atoms with E-state index in [9.17, 15) is 14.4 Å². The third-order valence-electron chi connectivity index (χ3n) is 8.01. The molecular formula is C41H36N4O6S2. The molecule has 1 unspecified atom stereocenters. The molecule has 10 nitrogen and oxygen atoms in total. The van der Waals surface area contributed by atoms with E-state index in [-0.39, 0.29) is 11.6 Å². The molecule has 6 rings (SSSR count). The van der Waals surface area contributed by atoms with Crippen LogP contribution < -0.4 is 30.2 Å². The Labute approximate surface area is 315 Å². The first-order chi connectivity index (χ1) is 25.7. The molecule has 6 aromatic rings. The van der Waals surface area contributed by atoms with Gasteiger partial charge in [-0.1, -0.05) is 65.9 Å². The van der Waals surface area contributed by atoms with Crippen LogP contribution in [0, 0.1) is 6.92 Å². The number of hydrogen-bond donors (Lipinski definition) is 3. The lowest BCUT2D eigenvalue weighted by molar-refractivity contribution is -0.116. The molecule has 53 heavy (non-hydrogen) atoms. The predicted octanol–water partition coefficient (Wildman–Crippen LogP) is 8.51. The highest BCUT2D eigenvalue weighted by atomic mass is 32.2. The van der Waals surface area contributed by atoms with Gasteiger partial charge in [-0.15, -0.1) is 11.8 Å². The molecule has 0 bridgehead atoms. The second-order valence-electron chi connectivity index (χ2n) is 11.7. The van der Waals surface area contributed by atoms with Gasteiger partial charge >= 0.3 is 0 Å². The summed E-state index contributed by atoms with van der Waals surface area (Å²) in [5.41, 5.74) is 4.16. The molecule has 5 aromatic carbocycles. The summed E-state index contributed by atoms with van der Waals surface area (Å²) in [4.78, 5) is 46.1. The second kappa shape index (κ2) is 16.9. The molecule has 3 N–H and O–H groups in total. The Balaban J connectivity index is 1.22. The number of aryl methyl sites for hydroxylation is 1. The SMILES string of the molecule is COc1cc(/C=C(\NC(=O)c2ccccc2)C(=O)Nc2ccc(SC(C(=O)Nc3nc4ccc(C)cc4s3)c3ccccc3)cc2)cc(OC)c1OC. The topological polar surface area (TPSA) is 128 Å². The van der Waals surface area contributed by atoms with E-state index in [1.807, 2.05) is 61.5 Å². The van der Waals surface area contributed by atoms with Crippen molar-refractivity contribution in [2.24, 2.45) is 0 Å². The van der Waals surface area contributed by atoms with Crippen molar-refractivity contribution in [2.75, 3.05) is 32.0 Å². The first-order valence-electron chi connectivity index (χ1n) is 16.4. The maximum atomic E-state index is 13.8. The van der Waals surface area contributed by atoms with Crippen molar-refractivity contribution in [3.05, 3.63) is 143 Å². The summed E-state index contributed by atoms with van der Waals surface area (Å²) in [5.74, 6) is -0.0577. The number of methoxy groups -OCH3 is 3. The van der Waals surface area contributed by atoms with Crippen LogP contribution in [0.1, 0.15) is 32.3 Å². The van der Waals surface area contributed by atoms with Gasteiger partial charge in [0.2, 0.25) is 11.7 Å². The highest BCUT2D eigenvalue weighted by Gasteiger charge is 2.24. The Morgan fingerprint density at radius 2 is 1.43 bits per heavy atom. The quantitative estimate of drug-likeness (QED) is 0.0794. The standard InChI is InChI=1S/C41H36N4O6S2/c1-25-15-20-31-35(21-25)53-41(44-31)45-40(48)37(27-11-7-5-8-12-27)52-30-18-16-29(17-19-30)42-39(47)32(43-38(46)28-13-9-6-10-14-28)22-26-23-33(49-2)36(51-4)34(24-26)50-3/h5-24,37H,1-4H3,(H,42,47)(H,43,46)(H,44,45,48)/b32-22-. The van der Waals surface area contributed by atoms with Crippen molar-refractivity contribution in [1.82, 2.24) is 10.3 Å². The third kappa shape index (κ3) is 9.04. The summed E-state index contributed by atoms with van der Waals surface area (Å²) >= 11 is 2.81. The largest absolute Gasteiger partial charge is 0.493 e. The Kier molecular flexibility index (Phi) is 11.7. The van der Waals surface area contributed by atoms with E-state index in [1.54, 1.807) is 54.6 Å². The molecule has 1 heterocycles. The van der Waals surface area contributed by atoms with Crippen molar-refractivity contribution < 1.29 is 28.6 Å². The van der Waals surface area contributed by atoms with E-state index in [2.05, 4.69) is 27.0 Å². The van der Waals surface area contributed by atoms with E-state index in [0.29, 0.717) is 39.2 Å². The van der Waals surface area contributed by atoms with Gasteiger partial charge in [0.25, 0.3) is 11.8 Å². The number of benzene rings is 5. The van der Waals surface area contributed by atoms with Crippen LogP contribution in [-0.4, -0.2) is 44.0 Å². The van der Waals surface area contributed by atoms with E-state index in [1.165, 1.54) is 50.5 Å². The van der Waals surface area contributed by atoms with Crippen LogP contribution in [0.4, 0.5) is 10.8 Å². The summed E-state index contributed by atoms with van der Waals surface area (Å²) < 4.78 is 17.4. The lowest BCUT2D eigenvalue weighted by Gasteiger charge is -2.17. The maximum absolute atomic E-state index is 13.8. The minimum atomic E-state index is -0.577. The molecule has 268 valence electrons. The lowest BCUT2D eigenvalue weighted by Crippen LogP contribution is -2.30. The van der Waals surface area contributed by atoms with Crippen LogP contribution >= 0.6 is 23.1 Å². The van der Waals surface area contributed by atoms with Crippen molar-refractivity contribution in [3.8, 4) is 17.2 Å². The Bertz CT molecular complexity index is 2250. The minimum Gasteiger partial charge on any atom is -0.493 e. The molecule has 1 atom stereocenters. The van der Waals surface area contributed by atoms with Gasteiger partial charge in [-0.3, -0.25) is 14.4 Å². The van der Waals surface area contributed by atoms with Gasteiger partial charge in [-0.05, 0) is 90.4 Å². The number of nitrogens with zero attached hydrogens (tertiary/aromatic N) is 1. The number of fused-ring (bicyclic) bond motifs is 1. The number of thioether (sulfide) groups is 1. The molecule has 0 fully saturated rings. The molecule has 0 aliphatic heterocycles. The van der Waals surface area contributed by atoms with Crippen LogP contribution in [0.5, 0.6) is 17.2 Å². The number of nitrogens with one attached hydrogen (secondary N) is 3. The number of hydrogen-bond acceptors (Lipinski definition) is 9. The van der Waals surface area contributed by atoms with Crippen LogP contribution in [0.2, 0.25) is 0 Å². The van der Waals surface area contributed by atoms with Crippen molar-refractivity contribution >= 4 is 67.9 Å². The van der Waals surface area contributed by atoms with Gasteiger partial charge in [0.1, 0.15) is 10.9 Å². The van der Waals surface area contributed by atoms with Gasteiger partial charge in [0, 0.05) is 16.1 Å². The highest BCUT2D eigenvalue weighted by molar-refractivity contribution is 8.00. The molecular weight excluding hydrogens is 709 g/mol. The summed E-state index contributed by atoms with van der Waals surface area (Å²) in [7, 11) is 4.49. The van der Waals surface area contributed by atoms with Crippen molar-refractivity contribution in [3.63, 3.8) is 0 Å². The lowest BCUT2D eigenvalue weighted by atomic mass is 10.1. The number of rotatable bonds is 13. The molecule has 1 aromatic heterocycles. The van der Waals surface area contributed by atoms with E-state index in [4.69, 9.17) is 14.2 Å². The molecule has 0 radical (unpaired) electrons. The summed E-state index contributed by atoms with van der Waals surface area (Å²) in [6.07, 6.45) is 1.53. The highest BCUT2D eigenvalue weighted by Crippen LogP contribution is 2.39. The molecule has 0 aliphatic carbocycles. The number of thiazole rings is 1. The number of aromatic nitrogens is 1. The number of carbonyl (C=O) groups is 3. The monoisotopic (exact) mass is 744 g/mol. The fourth-order valence-electron chi connectivity index (χ4n) is 5.40. The average molecular weight is 745 g/mol. The van der Waals surface area contributed by atoms with Gasteiger partial charge in [0.05, 0.1) is 31.5 Å². The third-order valence-corrected chi connectivity index (χ3v) is 10.2. The van der Waals surface area contributed by atoms with Crippen LogP contribution in [0.3, 0.4) is 0 Å². The molecule has 0 aliphatic rings. The fraction of sp³-hybridized carbons (Fsp3) is 0.122. The number of amides is 3. The summed E-state index contributed by atoms with van der Waals surface area (Å²) in [5, 5.41) is 8.60. The second-order valence-corrected chi connectivity index (χ2v) is 13.9. The summed E-state index contributed by atoms with van der Waals surface area (Å²) in [6.45, 7) is 2.02. The number of carbonyl (C=O) groups excluding carboxylic acids is 3. The number of anilines is 2. The Morgan fingerprint density at radius 1 is 0.774 bits per heavy atom. The van der Waals surface area contributed by atoms with Crippen LogP contribution in [0.15, 0.2) is 126 Å². The molecule has 0 spiro atoms. The van der Waals surface area contributed by atoms with Gasteiger partial charge in [0.15, 0.2) is 16.6 Å². The van der Waals surface area contributed by atoms with E-state index < -0.39 is 17.1 Å². The molecule has 3 amide bonds. The van der Waals surface area contributed by atoms with E-state index in [0.717, 1.165) is 26.2 Å². The zero-order valence-electron chi connectivity index (χ0n) is 29.3. The predicted molar refractivity (Wildman–Crippen MR) is 211 cm³/mol. The normalized spacial score (nSPS) is 11.7. The zero-order chi connectivity index (χ0) is 37.3. The first kappa shape index (κ1) is 36.7. The summed E-state index contributed by atoms with van der Waals surface area (Å²) in [6, 6.07) is 34.6. The van der Waals surface area contributed by atoms with Crippen molar-refractivity contribution in [2.45, 2.75) is 17.1 Å². The molecule has 0 saturated heterocycles. The average Bonchev–Trinajstić information content (AvgIpc) is 3.58. The van der Waals surface area contributed by atoms with Gasteiger partial charge < -0.3 is 30.2 Å². The molecule has 12 heteroatoms. The first-order valence-corrected chi connectivity index (χ1v) is 18.1.